The lowest BCUT2D eigenvalue weighted by Crippen LogP contribution is -2.42. The smallest absolute Gasteiger partial charge is 0.239 e. The number of nitrogens with zero attached hydrogens (tertiary/aromatic N) is 4. The molecule has 5 rings (SSSR count). The van der Waals surface area contributed by atoms with Gasteiger partial charge in [0.05, 0.1) is 12.6 Å². The predicted molar refractivity (Wildman–Crippen MR) is 118 cm³/mol. The molecule has 7 heteroatoms. The van der Waals surface area contributed by atoms with Crippen molar-refractivity contribution in [3.8, 4) is 0 Å². The lowest BCUT2D eigenvalue weighted by molar-refractivity contribution is -0.140. The Morgan fingerprint density at radius 1 is 1.13 bits per heavy atom. The van der Waals surface area contributed by atoms with Gasteiger partial charge in [0.25, 0.3) is 0 Å². The van der Waals surface area contributed by atoms with Crippen LogP contribution < -0.4 is 5.32 Å². The maximum Gasteiger partial charge on any atom is 0.239 e. The van der Waals surface area contributed by atoms with Gasteiger partial charge in [-0.3, -0.25) is 19.2 Å². The highest BCUT2D eigenvalue weighted by atomic mass is 16.2. The van der Waals surface area contributed by atoms with Crippen molar-refractivity contribution in [3.05, 3.63) is 47.7 Å². The van der Waals surface area contributed by atoms with Crippen LogP contribution in [0.1, 0.15) is 36.4 Å². The fourth-order valence-corrected chi connectivity index (χ4v) is 5.57. The first-order chi connectivity index (χ1) is 15.0. The predicted octanol–water partition coefficient (Wildman–Crippen LogP) is 2.60. The molecule has 3 fully saturated rings. The largest absolute Gasteiger partial charge is 0.335 e. The molecule has 7 nitrogen and oxygen atoms in total. The van der Waals surface area contributed by atoms with E-state index >= 15 is 0 Å². The topological polar surface area (TPSA) is 70.5 Å². The zero-order valence-corrected chi connectivity index (χ0v) is 18.3. The van der Waals surface area contributed by atoms with Gasteiger partial charge in [-0.15, -0.1) is 0 Å². The van der Waals surface area contributed by atoms with Gasteiger partial charge in [-0.05, 0) is 36.8 Å². The number of fused-ring (bicyclic) bond motifs is 1. The van der Waals surface area contributed by atoms with E-state index in [1.54, 1.807) is 10.7 Å². The third-order valence-corrected chi connectivity index (χ3v) is 7.33. The molecule has 0 spiro atoms. The van der Waals surface area contributed by atoms with Gasteiger partial charge in [0.15, 0.2) is 5.82 Å². The van der Waals surface area contributed by atoms with E-state index in [2.05, 4.69) is 51.4 Å². The van der Waals surface area contributed by atoms with Crippen LogP contribution in [-0.2, 0) is 16.6 Å². The summed E-state index contributed by atoms with van der Waals surface area (Å²) in [6.07, 6.45) is 5.05. The lowest BCUT2D eigenvalue weighted by atomic mass is 9.83. The maximum absolute atomic E-state index is 13.3. The number of carbonyl (C=O) groups excluding carboxylic acids is 2. The molecular weight excluding hydrogens is 390 g/mol. The number of carbonyl (C=O) groups is 2. The Balaban J connectivity index is 1.31. The Kier molecular flexibility index (Phi) is 5.30. The molecule has 3 aliphatic rings. The molecule has 2 aliphatic heterocycles. The summed E-state index contributed by atoms with van der Waals surface area (Å²) < 4.78 is 1.68. The van der Waals surface area contributed by atoms with E-state index in [0.29, 0.717) is 30.1 Å². The molecule has 0 bridgehead atoms. The van der Waals surface area contributed by atoms with Crippen molar-refractivity contribution in [1.82, 2.24) is 19.6 Å². The fraction of sp³-hybridized carbons (Fsp3) is 0.542. The van der Waals surface area contributed by atoms with E-state index in [9.17, 15) is 9.59 Å². The quantitative estimate of drug-likeness (QED) is 0.806. The van der Waals surface area contributed by atoms with Crippen LogP contribution in [0.15, 0.2) is 36.5 Å². The van der Waals surface area contributed by atoms with Crippen LogP contribution in [0.5, 0.6) is 0 Å². The molecule has 1 N–H and O–H groups in total. The number of aryl methyl sites for hydroxylation is 2. The van der Waals surface area contributed by atoms with Crippen LogP contribution in [-0.4, -0.2) is 57.6 Å². The highest BCUT2D eigenvalue weighted by molar-refractivity contribution is 5.91. The minimum Gasteiger partial charge on any atom is -0.335 e. The summed E-state index contributed by atoms with van der Waals surface area (Å²) in [5, 5.41) is 7.11. The molecule has 2 aromatic rings. The molecule has 3 heterocycles. The third-order valence-electron chi connectivity index (χ3n) is 7.33. The summed E-state index contributed by atoms with van der Waals surface area (Å²) >= 11 is 0. The molecule has 0 unspecified atom stereocenters. The van der Waals surface area contributed by atoms with Crippen molar-refractivity contribution in [3.63, 3.8) is 0 Å². The Morgan fingerprint density at radius 2 is 1.94 bits per heavy atom. The first-order valence-corrected chi connectivity index (χ1v) is 11.4. The SMILES string of the molecule is Cc1ccccc1[C@H]1[C@H]2CN(CC(=O)Nc3ccn(C)n3)C[C@H]2CN1C(=O)C1CCC1. The van der Waals surface area contributed by atoms with Gasteiger partial charge >= 0.3 is 0 Å². The summed E-state index contributed by atoms with van der Waals surface area (Å²) in [5.41, 5.74) is 2.51. The number of aromatic nitrogens is 2. The van der Waals surface area contributed by atoms with Crippen molar-refractivity contribution in [2.75, 3.05) is 31.5 Å². The minimum absolute atomic E-state index is 0.0338. The minimum atomic E-state index is -0.0338. The van der Waals surface area contributed by atoms with Crippen LogP contribution in [0.25, 0.3) is 0 Å². The molecule has 1 aliphatic carbocycles. The van der Waals surface area contributed by atoms with Crippen molar-refractivity contribution in [2.45, 2.75) is 32.2 Å². The molecule has 3 atom stereocenters. The van der Waals surface area contributed by atoms with Crippen LogP contribution in [0, 0.1) is 24.7 Å². The summed E-state index contributed by atoms with van der Waals surface area (Å²) in [5.74, 6) is 1.89. The van der Waals surface area contributed by atoms with Crippen molar-refractivity contribution in [2.24, 2.45) is 24.8 Å². The monoisotopic (exact) mass is 421 g/mol. The van der Waals surface area contributed by atoms with Gasteiger partial charge in [0.1, 0.15) is 0 Å². The number of amides is 2. The molecule has 2 amide bonds. The first kappa shape index (κ1) is 20.2. The Hall–Kier alpha value is -2.67. The molecule has 164 valence electrons. The summed E-state index contributed by atoms with van der Waals surface area (Å²) in [6, 6.07) is 10.4. The highest BCUT2D eigenvalue weighted by Gasteiger charge is 2.50. The zero-order valence-electron chi connectivity index (χ0n) is 18.3. The van der Waals surface area contributed by atoms with Crippen molar-refractivity contribution >= 4 is 17.6 Å². The van der Waals surface area contributed by atoms with E-state index in [0.717, 1.165) is 32.5 Å². The van der Waals surface area contributed by atoms with Crippen LogP contribution in [0.2, 0.25) is 0 Å². The van der Waals surface area contributed by atoms with Gasteiger partial charge in [-0.2, -0.15) is 5.10 Å². The van der Waals surface area contributed by atoms with Crippen LogP contribution >= 0.6 is 0 Å². The fourth-order valence-electron chi connectivity index (χ4n) is 5.57. The number of nitrogens with one attached hydrogen (secondary N) is 1. The second-order valence-corrected chi connectivity index (χ2v) is 9.46. The molecule has 1 aromatic carbocycles. The summed E-state index contributed by atoms with van der Waals surface area (Å²) in [7, 11) is 1.83. The Labute approximate surface area is 183 Å². The average molecular weight is 422 g/mol. The molecule has 1 saturated carbocycles. The van der Waals surface area contributed by atoms with Gasteiger partial charge in [0, 0.05) is 50.8 Å². The third kappa shape index (κ3) is 3.87. The first-order valence-electron chi connectivity index (χ1n) is 11.4. The maximum atomic E-state index is 13.3. The van der Waals surface area contributed by atoms with E-state index in [4.69, 9.17) is 0 Å². The van der Waals surface area contributed by atoms with Crippen molar-refractivity contribution in [1.29, 1.82) is 0 Å². The zero-order chi connectivity index (χ0) is 21.5. The van der Waals surface area contributed by atoms with Gasteiger partial charge in [0.2, 0.25) is 11.8 Å². The Bertz CT molecular complexity index is 982. The van der Waals surface area contributed by atoms with Crippen molar-refractivity contribution < 1.29 is 9.59 Å². The second-order valence-electron chi connectivity index (χ2n) is 9.46. The molecule has 2 saturated heterocycles. The average Bonchev–Trinajstić information content (AvgIpc) is 3.35. The normalized spacial score (nSPS) is 26.0. The number of anilines is 1. The van der Waals surface area contributed by atoms with E-state index < -0.39 is 0 Å². The molecule has 1 aromatic heterocycles. The number of rotatable bonds is 5. The second kappa shape index (κ2) is 8.11. The number of likely N-dealkylation sites (tertiary alicyclic amines) is 2. The molecule has 0 radical (unpaired) electrons. The van der Waals surface area contributed by atoms with Crippen LogP contribution in [0.4, 0.5) is 5.82 Å². The van der Waals surface area contributed by atoms with Gasteiger partial charge in [-0.1, -0.05) is 30.7 Å². The number of benzene rings is 1. The lowest BCUT2D eigenvalue weighted by Gasteiger charge is -2.35. The Morgan fingerprint density at radius 3 is 2.61 bits per heavy atom. The highest BCUT2D eigenvalue weighted by Crippen LogP contribution is 2.47. The van der Waals surface area contributed by atoms with E-state index in [1.165, 1.54) is 17.5 Å². The molecular formula is C24H31N5O2. The number of hydrogen-bond acceptors (Lipinski definition) is 4. The van der Waals surface area contributed by atoms with Gasteiger partial charge < -0.3 is 10.2 Å². The van der Waals surface area contributed by atoms with E-state index in [-0.39, 0.29) is 17.9 Å². The van der Waals surface area contributed by atoms with E-state index in [1.807, 2.05) is 13.2 Å². The summed E-state index contributed by atoms with van der Waals surface area (Å²) in [4.78, 5) is 30.2. The summed E-state index contributed by atoms with van der Waals surface area (Å²) in [6.45, 7) is 5.00. The molecule has 31 heavy (non-hydrogen) atoms. The number of hydrogen-bond donors (Lipinski definition) is 1. The van der Waals surface area contributed by atoms with Gasteiger partial charge in [-0.25, -0.2) is 0 Å². The standard InChI is InChI=1S/C24H31N5O2/c1-16-6-3-4-9-19(16)23-20-14-28(15-22(30)25-21-10-11-27(2)26-21)12-18(20)13-29(23)24(31)17-7-5-8-17/h3-4,6,9-11,17-18,20,23H,5,7-8,12-15H2,1-2H3,(H,25,26,30)/t18-,20-,23-/m0/s1. The van der Waals surface area contributed by atoms with Crippen LogP contribution in [0.3, 0.4) is 0 Å².